The predicted molar refractivity (Wildman–Crippen MR) is 138 cm³/mol. The van der Waals surface area contributed by atoms with E-state index >= 15 is 0 Å². The minimum atomic E-state index is -4.80. The Morgan fingerprint density at radius 2 is 1.87 bits per heavy atom. The van der Waals surface area contributed by atoms with E-state index in [1.54, 1.807) is 24.3 Å². The quantitative estimate of drug-likeness (QED) is 0.312. The maximum atomic E-state index is 13.0. The van der Waals surface area contributed by atoms with E-state index in [2.05, 4.69) is 20.5 Å². The summed E-state index contributed by atoms with van der Waals surface area (Å²) in [6.45, 7) is 0.463. The van der Waals surface area contributed by atoms with Crippen molar-refractivity contribution in [1.29, 1.82) is 0 Å². The molecule has 3 N–H and O–H groups in total. The van der Waals surface area contributed by atoms with Crippen molar-refractivity contribution in [3.8, 4) is 5.75 Å². The minimum absolute atomic E-state index is 0.306. The summed E-state index contributed by atoms with van der Waals surface area (Å²) in [5, 5.41) is 19.5. The maximum Gasteiger partial charge on any atom is 0.573 e. The summed E-state index contributed by atoms with van der Waals surface area (Å²) in [6.07, 6.45) is -2.91. The number of hydrogen-bond donors (Lipinski definition) is 3. The van der Waals surface area contributed by atoms with E-state index in [4.69, 9.17) is 5.11 Å². The number of rotatable bonds is 7. The number of aliphatic carboxylic acids is 1. The van der Waals surface area contributed by atoms with E-state index in [0.717, 1.165) is 11.1 Å². The first-order chi connectivity index (χ1) is 18.6. The van der Waals surface area contributed by atoms with E-state index in [1.807, 2.05) is 35.2 Å². The van der Waals surface area contributed by atoms with Crippen molar-refractivity contribution in [2.24, 2.45) is 0 Å². The summed E-state index contributed by atoms with van der Waals surface area (Å²) in [5.74, 6) is -1.34. The zero-order valence-corrected chi connectivity index (χ0v) is 20.5. The molecule has 9 nitrogen and oxygen atoms in total. The summed E-state index contributed by atoms with van der Waals surface area (Å²) in [4.78, 5) is 26.0. The first kappa shape index (κ1) is 25.9. The molecular formula is C27H24F3N5O4. The molecule has 202 valence electrons. The van der Waals surface area contributed by atoms with E-state index in [-0.39, 0.29) is 18.3 Å². The number of ether oxygens (including phenoxy) is 1. The highest BCUT2D eigenvalue weighted by Crippen LogP contribution is 2.34. The molecule has 1 unspecified atom stereocenters. The van der Waals surface area contributed by atoms with Crippen molar-refractivity contribution >= 4 is 34.3 Å². The number of fused-ring (bicyclic) bond motifs is 2. The molecule has 39 heavy (non-hydrogen) atoms. The fourth-order valence-electron chi connectivity index (χ4n) is 4.76. The largest absolute Gasteiger partial charge is 0.573 e. The summed E-state index contributed by atoms with van der Waals surface area (Å²) in [7, 11) is 0. The lowest BCUT2D eigenvalue weighted by molar-refractivity contribution is -0.274. The van der Waals surface area contributed by atoms with Crippen LogP contribution >= 0.6 is 0 Å². The molecule has 0 saturated heterocycles. The molecule has 1 aliphatic heterocycles. The van der Waals surface area contributed by atoms with Gasteiger partial charge < -0.3 is 25.4 Å². The lowest BCUT2D eigenvalue weighted by atomic mass is 9.97. The number of benzene rings is 3. The molecule has 0 fully saturated rings. The maximum absolute atomic E-state index is 13.0. The summed E-state index contributed by atoms with van der Waals surface area (Å²) in [5.41, 5.74) is 3.37. The molecule has 0 bridgehead atoms. The van der Waals surface area contributed by atoms with Gasteiger partial charge in [0.15, 0.2) is 0 Å². The van der Waals surface area contributed by atoms with Crippen LogP contribution < -0.4 is 20.3 Å². The molecule has 5 rings (SSSR count). The molecule has 0 radical (unpaired) electrons. The topological polar surface area (TPSA) is 109 Å². The third-order valence-corrected chi connectivity index (χ3v) is 6.31. The fourth-order valence-corrected chi connectivity index (χ4v) is 4.76. The van der Waals surface area contributed by atoms with E-state index in [0.29, 0.717) is 41.8 Å². The van der Waals surface area contributed by atoms with Crippen LogP contribution in [0.15, 0.2) is 72.9 Å². The van der Waals surface area contributed by atoms with Crippen LogP contribution in [0.2, 0.25) is 0 Å². The third-order valence-electron chi connectivity index (χ3n) is 6.31. The average molecular weight is 540 g/mol. The molecule has 1 aromatic heterocycles. The van der Waals surface area contributed by atoms with Gasteiger partial charge in [-0.15, -0.1) is 13.2 Å². The van der Waals surface area contributed by atoms with Gasteiger partial charge in [0.25, 0.3) is 0 Å². The molecule has 1 aliphatic rings. The van der Waals surface area contributed by atoms with Gasteiger partial charge in [0.05, 0.1) is 23.4 Å². The van der Waals surface area contributed by atoms with Gasteiger partial charge in [0, 0.05) is 30.2 Å². The number of aromatic nitrogens is 2. The zero-order valence-electron chi connectivity index (χ0n) is 20.5. The number of anilines is 2. The highest BCUT2D eigenvalue weighted by molar-refractivity contribution is 6.00. The third kappa shape index (κ3) is 6.22. The first-order valence-corrected chi connectivity index (χ1v) is 12.1. The smallest absolute Gasteiger partial charge is 0.480 e. The van der Waals surface area contributed by atoms with Crippen molar-refractivity contribution in [2.75, 3.05) is 16.8 Å². The van der Waals surface area contributed by atoms with E-state index in [1.165, 1.54) is 23.0 Å². The zero-order chi connectivity index (χ0) is 27.6. The second-order valence-corrected chi connectivity index (χ2v) is 9.14. The highest BCUT2D eigenvalue weighted by atomic mass is 19.4. The lowest BCUT2D eigenvalue weighted by Gasteiger charge is -2.37. The second kappa shape index (κ2) is 10.6. The van der Waals surface area contributed by atoms with Crippen LogP contribution in [0.3, 0.4) is 0 Å². The van der Waals surface area contributed by atoms with Gasteiger partial charge in [-0.05, 0) is 35.7 Å². The van der Waals surface area contributed by atoms with Crippen LogP contribution in [-0.2, 0) is 24.3 Å². The normalized spacial score (nSPS) is 15.1. The molecule has 1 atom stereocenters. The second-order valence-electron chi connectivity index (χ2n) is 9.14. The predicted octanol–water partition coefficient (Wildman–Crippen LogP) is 4.77. The Morgan fingerprint density at radius 3 is 2.62 bits per heavy atom. The number of nitrogens with zero attached hydrogens (tertiary/aromatic N) is 3. The molecular weight excluding hydrogens is 515 g/mol. The number of carboxylic acid groups (broad SMARTS) is 1. The van der Waals surface area contributed by atoms with E-state index in [9.17, 15) is 22.8 Å². The molecule has 4 aromatic rings. The molecule has 12 heteroatoms. The molecule has 0 aliphatic carbocycles. The number of nitrogens with one attached hydrogen (secondary N) is 2. The summed E-state index contributed by atoms with van der Waals surface area (Å²) in [6, 6.07) is 18.0. The van der Waals surface area contributed by atoms with Crippen LogP contribution in [0.25, 0.3) is 10.9 Å². The molecule has 2 amide bonds. The van der Waals surface area contributed by atoms with Gasteiger partial charge in [-0.2, -0.15) is 5.10 Å². The number of carboxylic acids is 1. The van der Waals surface area contributed by atoms with Crippen LogP contribution in [0, 0.1) is 0 Å². The van der Waals surface area contributed by atoms with Crippen molar-refractivity contribution in [3.05, 3.63) is 84.1 Å². The number of urea groups is 1. The number of carbonyl (C=O) groups is 2. The number of alkyl halides is 3. The number of halogens is 3. The van der Waals surface area contributed by atoms with Gasteiger partial charge in [0.2, 0.25) is 0 Å². The Hall–Kier alpha value is -4.74. The van der Waals surface area contributed by atoms with Gasteiger partial charge in [0.1, 0.15) is 12.3 Å². The Bertz CT molecular complexity index is 1510. The monoisotopic (exact) mass is 539 g/mol. The summed E-state index contributed by atoms with van der Waals surface area (Å²) >= 11 is 0. The number of amides is 2. The molecule has 2 heterocycles. The van der Waals surface area contributed by atoms with Crippen LogP contribution in [0.4, 0.5) is 29.3 Å². The Morgan fingerprint density at radius 1 is 1.08 bits per heavy atom. The van der Waals surface area contributed by atoms with Gasteiger partial charge in [-0.1, -0.05) is 42.5 Å². The van der Waals surface area contributed by atoms with Crippen molar-refractivity contribution < 1.29 is 32.6 Å². The first-order valence-electron chi connectivity index (χ1n) is 12.1. The standard InChI is InChI=1S/C27H24F3N5O4/c28-27(29,30)39-20-10-9-18-11-19(15-34(24(18)12-20)14-17-5-2-1-3-6-17)32-26(38)33-22-7-4-8-23-21(22)13-31-35(23)16-25(36)37/h1-10,12-13,19H,11,14-16H2,(H,36,37)(H2,32,33,38). The fraction of sp³-hybridized carbons (Fsp3) is 0.222. The average Bonchev–Trinajstić information content (AvgIpc) is 3.27. The van der Waals surface area contributed by atoms with Gasteiger partial charge in [-0.3, -0.25) is 9.48 Å². The molecule has 0 saturated carbocycles. The lowest BCUT2D eigenvalue weighted by Crippen LogP contribution is -2.49. The van der Waals surface area contributed by atoms with Crippen molar-refractivity contribution in [2.45, 2.75) is 31.9 Å². The van der Waals surface area contributed by atoms with Crippen molar-refractivity contribution in [3.63, 3.8) is 0 Å². The van der Waals surface area contributed by atoms with Crippen LogP contribution in [0.5, 0.6) is 5.75 Å². The Labute approximate surface area is 220 Å². The molecule has 3 aromatic carbocycles. The highest BCUT2D eigenvalue weighted by Gasteiger charge is 2.32. The van der Waals surface area contributed by atoms with Crippen LogP contribution in [0.1, 0.15) is 11.1 Å². The Balaban J connectivity index is 1.34. The summed E-state index contributed by atoms with van der Waals surface area (Å²) < 4.78 is 44.0. The van der Waals surface area contributed by atoms with Gasteiger partial charge >= 0.3 is 18.4 Å². The minimum Gasteiger partial charge on any atom is -0.480 e. The van der Waals surface area contributed by atoms with Crippen LogP contribution in [-0.4, -0.2) is 45.8 Å². The Kier molecular flexibility index (Phi) is 7.01. The number of hydrogen-bond acceptors (Lipinski definition) is 5. The SMILES string of the molecule is O=C(O)Cn1ncc2c(NC(=O)NC3Cc4ccc(OC(F)(F)F)cc4N(Cc4ccccc4)C3)cccc21. The number of carbonyl (C=O) groups excluding carboxylic acids is 1. The van der Waals surface area contributed by atoms with E-state index < -0.39 is 18.4 Å². The van der Waals surface area contributed by atoms with Gasteiger partial charge in [-0.25, -0.2) is 4.79 Å². The molecule has 0 spiro atoms. The van der Waals surface area contributed by atoms with Crippen molar-refractivity contribution in [1.82, 2.24) is 15.1 Å².